The van der Waals surface area contributed by atoms with Gasteiger partial charge in [0, 0.05) is 21.0 Å². The molecule has 2 N–H and O–H groups in total. The minimum atomic E-state index is -0.0343. The van der Waals surface area contributed by atoms with Crippen molar-refractivity contribution < 1.29 is 4.79 Å². The predicted molar refractivity (Wildman–Crippen MR) is 81.4 cm³/mol. The molecule has 0 bridgehead atoms. The summed E-state index contributed by atoms with van der Waals surface area (Å²) in [4.78, 5) is 13.3. The van der Waals surface area contributed by atoms with Gasteiger partial charge in [-0.3, -0.25) is 4.79 Å². The highest BCUT2D eigenvalue weighted by molar-refractivity contribution is 7.99. The third-order valence-electron chi connectivity index (χ3n) is 2.52. The highest BCUT2D eigenvalue weighted by atomic mass is 35.5. The van der Waals surface area contributed by atoms with Crippen LogP contribution in [0.25, 0.3) is 0 Å². The Kier molecular flexibility index (Phi) is 4.40. The van der Waals surface area contributed by atoms with Crippen LogP contribution in [-0.2, 0) is 0 Å². The first kappa shape index (κ1) is 14.3. The van der Waals surface area contributed by atoms with E-state index in [1.807, 2.05) is 18.2 Å². The lowest BCUT2D eigenvalue weighted by molar-refractivity contribution is 0.101. The van der Waals surface area contributed by atoms with Crippen molar-refractivity contribution in [1.29, 1.82) is 0 Å². The topological polar surface area (TPSA) is 43.1 Å². The molecule has 98 valence electrons. The molecule has 5 heteroatoms. The van der Waals surface area contributed by atoms with Crippen LogP contribution < -0.4 is 5.73 Å². The molecule has 2 aromatic carbocycles. The van der Waals surface area contributed by atoms with E-state index < -0.39 is 0 Å². The Labute approximate surface area is 125 Å². The first-order valence-electron chi connectivity index (χ1n) is 5.51. The summed E-state index contributed by atoms with van der Waals surface area (Å²) in [6.45, 7) is 1.51. The fraction of sp³-hybridized carbons (Fsp3) is 0.0714. The second-order valence-corrected chi connectivity index (χ2v) is 5.83. The van der Waals surface area contributed by atoms with Crippen LogP contribution in [0, 0.1) is 0 Å². The number of rotatable bonds is 3. The van der Waals surface area contributed by atoms with Crippen molar-refractivity contribution in [2.75, 3.05) is 5.73 Å². The van der Waals surface area contributed by atoms with Crippen LogP contribution in [0.1, 0.15) is 17.3 Å². The molecule has 2 aromatic rings. The fourth-order valence-electron chi connectivity index (χ4n) is 1.59. The Morgan fingerprint density at radius 2 is 1.89 bits per heavy atom. The van der Waals surface area contributed by atoms with Gasteiger partial charge in [0.1, 0.15) is 0 Å². The zero-order valence-corrected chi connectivity index (χ0v) is 12.4. The van der Waals surface area contributed by atoms with Crippen LogP contribution in [-0.4, -0.2) is 5.78 Å². The molecule has 0 heterocycles. The zero-order valence-electron chi connectivity index (χ0n) is 10.1. The molecule has 2 nitrogen and oxygen atoms in total. The molecular weight excluding hydrogens is 301 g/mol. The lowest BCUT2D eigenvalue weighted by Gasteiger charge is -2.09. The Balaban J connectivity index is 2.44. The molecule has 0 saturated carbocycles. The van der Waals surface area contributed by atoms with Gasteiger partial charge in [-0.25, -0.2) is 0 Å². The van der Waals surface area contributed by atoms with Crippen molar-refractivity contribution in [3.05, 3.63) is 52.0 Å². The van der Waals surface area contributed by atoms with E-state index in [9.17, 15) is 4.79 Å². The normalized spacial score (nSPS) is 10.5. The van der Waals surface area contributed by atoms with Gasteiger partial charge in [0.05, 0.1) is 10.0 Å². The Bertz CT molecular complexity index is 643. The molecule has 0 saturated heterocycles. The Morgan fingerprint density at radius 3 is 2.58 bits per heavy atom. The number of benzene rings is 2. The molecule has 2 rings (SSSR count). The van der Waals surface area contributed by atoms with E-state index in [4.69, 9.17) is 28.9 Å². The van der Waals surface area contributed by atoms with E-state index in [-0.39, 0.29) is 5.78 Å². The fourth-order valence-corrected chi connectivity index (χ4v) is 3.10. The average molecular weight is 312 g/mol. The van der Waals surface area contributed by atoms with Crippen molar-refractivity contribution in [3.63, 3.8) is 0 Å². The first-order valence-corrected chi connectivity index (χ1v) is 7.08. The lowest BCUT2D eigenvalue weighted by atomic mass is 10.1. The van der Waals surface area contributed by atoms with E-state index in [2.05, 4.69) is 0 Å². The minimum Gasteiger partial charge on any atom is -0.399 e. The van der Waals surface area contributed by atoms with Crippen LogP contribution in [0.5, 0.6) is 0 Å². The zero-order chi connectivity index (χ0) is 14.0. The second kappa shape index (κ2) is 5.87. The van der Waals surface area contributed by atoms with E-state index in [0.717, 1.165) is 9.79 Å². The largest absolute Gasteiger partial charge is 0.399 e. The van der Waals surface area contributed by atoms with Crippen LogP contribution >= 0.6 is 35.0 Å². The Morgan fingerprint density at radius 1 is 1.16 bits per heavy atom. The Hall–Kier alpha value is -1.16. The summed E-state index contributed by atoms with van der Waals surface area (Å²) in [5, 5.41) is 0.979. The van der Waals surface area contributed by atoms with Gasteiger partial charge in [-0.2, -0.15) is 0 Å². The molecule has 0 atom stereocenters. The smallest absolute Gasteiger partial charge is 0.161 e. The third kappa shape index (κ3) is 3.24. The molecule has 0 amide bonds. The van der Waals surface area contributed by atoms with Crippen LogP contribution in [0.3, 0.4) is 0 Å². The van der Waals surface area contributed by atoms with Gasteiger partial charge in [0.25, 0.3) is 0 Å². The van der Waals surface area contributed by atoms with Gasteiger partial charge in [0.15, 0.2) is 5.78 Å². The SMILES string of the molecule is CC(=O)c1cc(N)ccc1Sc1cccc(Cl)c1Cl. The van der Waals surface area contributed by atoms with Gasteiger partial charge < -0.3 is 5.73 Å². The number of Topliss-reactive ketones (excluding diaryl/α,β-unsaturated/α-hetero) is 1. The molecule has 0 aromatic heterocycles. The minimum absolute atomic E-state index is 0.0343. The van der Waals surface area contributed by atoms with Crippen molar-refractivity contribution in [2.45, 2.75) is 16.7 Å². The quantitative estimate of drug-likeness (QED) is 0.645. The molecule has 0 unspecified atom stereocenters. The lowest BCUT2D eigenvalue weighted by Crippen LogP contribution is -1.97. The monoisotopic (exact) mass is 311 g/mol. The molecule has 0 fully saturated rings. The summed E-state index contributed by atoms with van der Waals surface area (Å²) in [7, 11) is 0. The third-order valence-corrected chi connectivity index (χ3v) is 4.59. The van der Waals surface area contributed by atoms with Crippen LogP contribution in [0.4, 0.5) is 5.69 Å². The van der Waals surface area contributed by atoms with E-state index >= 15 is 0 Å². The number of hydrogen-bond acceptors (Lipinski definition) is 3. The summed E-state index contributed by atoms with van der Waals surface area (Å²) in [6.07, 6.45) is 0. The summed E-state index contributed by atoms with van der Waals surface area (Å²) in [6, 6.07) is 10.6. The highest BCUT2D eigenvalue weighted by Gasteiger charge is 2.12. The van der Waals surface area contributed by atoms with Crippen LogP contribution in [0.2, 0.25) is 10.0 Å². The number of carbonyl (C=O) groups excluding carboxylic acids is 1. The maximum Gasteiger partial charge on any atom is 0.161 e. The van der Waals surface area contributed by atoms with Crippen molar-refractivity contribution in [2.24, 2.45) is 0 Å². The summed E-state index contributed by atoms with van der Waals surface area (Å²) >= 11 is 13.5. The first-order chi connectivity index (χ1) is 8.99. The molecule has 0 aliphatic carbocycles. The van der Waals surface area contributed by atoms with E-state index in [1.165, 1.54) is 18.7 Å². The standard InChI is InChI=1S/C14H11Cl2NOS/c1-8(18)10-7-9(17)5-6-12(10)19-13-4-2-3-11(15)14(13)16/h2-7H,17H2,1H3. The maximum atomic E-state index is 11.6. The van der Waals surface area contributed by atoms with Crippen LogP contribution in [0.15, 0.2) is 46.2 Å². The molecular formula is C14H11Cl2NOS. The van der Waals surface area contributed by atoms with Crippen molar-refractivity contribution in [1.82, 2.24) is 0 Å². The average Bonchev–Trinajstić information content (AvgIpc) is 2.36. The highest BCUT2D eigenvalue weighted by Crippen LogP contribution is 2.38. The second-order valence-electron chi connectivity index (χ2n) is 3.97. The molecule has 0 radical (unpaired) electrons. The van der Waals surface area contributed by atoms with Crippen molar-refractivity contribution in [3.8, 4) is 0 Å². The number of nitrogens with two attached hydrogens (primary N) is 1. The van der Waals surface area contributed by atoms with E-state index in [1.54, 1.807) is 18.2 Å². The van der Waals surface area contributed by atoms with Gasteiger partial charge in [-0.15, -0.1) is 0 Å². The number of ketones is 1. The van der Waals surface area contributed by atoms with Gasteiger partial charge in [-0.05, 0) is 37.3 Å². The van der Waals surface area contributed by atoms with E-state index in [0.29, 0.717) is 21.3 Å². The molecule has 19 heavy (non-hydrogen) atoms. The van der Waals surface area contributed by atoms with Gasteiger partial charge >= 0.3 is 0 Å². The summed E-state index contributed by atoms with van der Waals surface area (Å²) in [5.74, 6) is -0.0343. The van der Waals surface area contributed by atoms with Gasteiger partial charge in [0.2, 0.25) is 0 Å². The number of carbonyl (C=O) groups is 1. The number of anilines is 1. The number of nitrogen functional groups attached to an aromatic ring is 1. The molecule has 0 aliphatic rings. The van der Waals surface area contributed by atoms with Gasteiger partial charge in [-0.1, -0.05) is 41.0 Å². The summed E-state index contributed by atoms with van der Waals surface area (Å²) < 4.78 is 0. The maximum absolute atomic E-state index is 11.6. The van der Waals surface area contributed by atoms with Crippen molar-refractivity contribution >= 4 is 46.4 Å². The summed E-state index contributed by atoms with van der Waals surface area (Å²) in [5.41, 5.74) is 6.85. The number of hydrogen-bond donors (Lipinski definition) is 1. The molecule has 0 spiro atoms. The number of halogens is 2. The predicted octanol–water partition coefficient (Wildman–Crippen LogP) is 4.93. The molecule has 0 aliphatic heterocycles.